The second-order valence-electron chi connectivity index (χ2n) is 14.0. The molecule has 3 aromatic heterocycles. The lowest BCUT2D eigenvalue weighted by Gasteiger charge is -2.26. The van der Waals surface area contributed by atoms with Gasteiger partial charge in [0.05, 0.1) is 7.11 Å². The Morgan fingerprint density at radius 1 is 0.759 bits per heavy atom. The fraction of sp³-hybridized carbons (Fsp3) is 0.279. The summed E-state index contributed by atoms with van der Waals surface area (Å²) >= 11 is 6.17. The van der Waals surface area contributed by atoms with Gasteiger partial charge in [0.15, 0.2) is 0 Å². The number of nitrogens with zero attached hydrogens (tertiary/aromatic N) is 1. The molecule has 0 aliphatic carbocycles. The minimum atomic E-state index is -1.17. The summed E-state index contributed by atoms with van der Waals surface area (Å²) in [5.74, 6) is -1.23. The number of methoxy groups -OCH3 is 1. The van der Waals surface area contributed by atoms with Gasteiger partial charge in [-0.15, -0.1) is 0 Å². The second-order valence-corrected chi connectivity index (χ2v) is 14.5. The van der Waals surface area contributed by atoms with E-state index in [2.05, 4.69) is 36.2 Å². The fourth-order valence-corrected chi connectivity index (χ4v) is 6.94. The molecule has 58 heavy (non-hydrogen) atoms. The zero-order chi connectivity index (χ0) is 41.0. The van der Waals surface area contributed by atoms with Gasteiger partial charge in [-0.2, -0.15) is 0 Å². The molecule has 0 aliphatic heterocycles. The third kappa shape index (κ3) is 10.9. The lowest BCUT2D eigenvalue weighted by molar-refractivity contribution is -0.133. The average molecular weight is 807 g/mol. The highest BCUT2D eigenvalue weighted by molar-refractivity contribution is 6.30. The molecule has 0 saturated carbocycles. The van der Waals surface area contributed by atoms with Crippen LogP contribution in [0.1, 0.15) is 35.1 Å². The van der Waals surface area contributed by atoms with Crippen molar-refractivity contribution in [3.8, 4) is 11.5 Å². The number of hydrogen-bond donors (Lipinski definition) is 8. The number of H-pyrrole nitrogens is 2. The summed E-state index contributed by atoms with van der Waals surface area (Å²) in [4.78, 5) is 65.9. The van der Waals surface area contributed by atoms with Crippen LogP contribution in [0.2, 0.25) is 5.02 Å². The van der Waals surface area contributed by atoms with Gasteiger partial charge >= 0.3 is 0 Å². The summed E-state index contributed by atoms with van der Waals surface area (Å²) in [7, 11) is 1.61. The van der Waals surface area contributed by atoms with E-state index in [1.807, 2.05) is 24.4 Å². The summed E-state index contributed by atoms with van der Waals surface area (Å²) in [6.45, 7) is 0.588. The normalized spacial score (nSPS) is 12.7. The van der Waals surface area contributed by atoms with Crippen LogP contribution in [0, 0.1) is 0 Å². The van der Waals surface area contributed by atoms with Crippen LogP contribution in [0.3, 0.4) is 0 Å². The number of aromatic hydroxyl groups is 1. The Balaban J connectivity index is 1.22. The summed E-state index contributed by atoms with van der Waals surface area (Å²) in [5.41, 5.74) is 10.4. The summed E-state index contributed by atoms with van der Waals surface area (Å²) in [6, 6.07) is 17.7. The number of hydrogen-bond acceptors (Lipinski definition) is 8. The minimum Gasteiger partial charge on any atom is -0.508 e. The molecule has 3 aromatic carbocycles. The van der Waals surface area contributed by atoms with E-state index >= 15 is 0 Å². The van der Waals surface area contributed by atoms with E-state index in [-0.39, 0.29) is 37.3 Å². The number of halogens is 1. The van der Waals surface area contributed by atoms with Gasteiger partial charge in [0.25, 0.3) is 0 Å². The Morgan fingerprint density at radius 3 is 2.12 bits per heavy atom. The number of nitrogens with one attached hydrogen (secondary N) is 6. The maximum absolute atomic E-state index is 14.3. The number of fused-ring (bicyclic) bond motifs is 2. The van der Waals surface area contributed by atoms with E-state index < -0.39 is 35.8 Å². The number of carbonyl (C=O) groups is 4. The molecular formula is C43H47ClN8O6. The molecular weight excluding hydrogens is 760 g/mol. The van der Waals surface area contributed by atoms with E-state index in [1.54, 1.807) is 80.3 Å². The van der Waals surface area contributed by atoms with Gasteiger partial charge in [0, 0.05) is 89.9 Å². The molecule has 9 N–H and O–H groups in total. The van der Waals surface area contributed by atoms with Crippen molar-refractivity contribution in [3.05, 3.63) is 125 Å². The number of phenols is 1. The predicted octanol–water partition coefficient (Wildman–Crippen LogP) is 3.99. The number of phenolic OH excluding ortho intramolecular Hbond substituents is 1. The van der Waals surface area contributed by atoms with Gasteiger partial charge in [0.2, 0.25) is 23.6 Å². The number of amides is 4. The molecule has 302 valence electrons. The highest BCUT2D eigenvalue weighted by atomic mass is 35.5. The van der Waals surface area contributed by atoms with Gasteiger partial charge in [0.1, 0.15) is 29.6 Å². The molecule has 0 bridgehead atoms. The van der Waals surface area contributed by atoms with Crippen LogP contribution in [0.25, 0.3) is 21.8 Å². The van der Waals surface area contributed by atoms with E-state index in [4.69, 9.17) is 22.1 Å². The Kier molecular flexibility index (Phi) is 14.0. The van der Waals surface area contributed by atoms with Crippen molar-refractivity contribution in [2.75, 3.05) is 20.2 Å². The molecule has 6 aromatic rings. The van der Waals surface area contributed by atoms with Crippen molar-refractivity contribution in [2.45, 2.75) is 56.7 Å². The second kappa shape index (κ2) is 19.7. The first-order valence-corrected chi connectivity index (χ1v) is 19.4. The molecule has 14 nitrogen and oxygen atoms in total. The minimum absolute atomic E-state index is 0.0467. The molecule has 0 unspecified atom stereocenters. The first kappa shape index (κ1) is 41.3. The zero-order valence-electron chi connectivity index (χ0n) is 32.0. The van der Waals surface area contributed by atoms with Crippen LogP contribution < -0.4 is 31.7 Å². The smallest absolute Gasteiger partial charge is 0.243 e. The van der Waals surface area contributed by atoms with Crippen LogP contribution in [-0.2, 0) is 44.9 Å². The monoisotopic (exact) mass is 806 g/mol. The SMILES string of the molecule is COc1ccc2c(CCNC(=O)[C@H](Cc3ccncc3)NC(=O)[C@H](Cc3ccc(Cl)cc3)NC(=O)[C@H](Cc3c[nH]c4ccc(O)cc34)NC(=O)CCCN)c[nH]c2c1. The lowest BCUT2D eigenvalue weighted by atomic mass is 10.0. The summed E-state index contributed by atoms with van der Waals surface area (Å²) in [6.07, 6.45) is 8.13. The van der Waals surface area contributed by atoms with Gasteiger partial charge < -0.3 is 46.8 Å². The average Bonchev–Trinajstić information content (AvgIpc) is 3.82. The van der Waals surface area contributed by atoms with E-state index in [0.717, 1.165) is 33.3 Å². The van der Waals surface area contributed by atoms with Crippen molar-refractivity contribution in [3.63, 3.8) is 0 Å². The third-order valence-corrected chi connectivity index (χ3v) is 10.2. The number of benzene rings is 3. The molecule has 0 saturated heterocycles. The molecule has 3 atom stereocenters. The number of aromatic nitrogens is 3. The maximum Gasteiger partial charge on any atom is 0.243 e. The molecule has 0 radical (unpaired) electrons. The lowest BCUT2D eigenvalue weighted by Crippen LogP contribution is -2.58. The van der Waals surface area contributed by atoms with Crippen LogP contribution in [-0.4, -0.2) is 82.0 Å². The van der Waals surface area contributed by atoms with E-state index in [0.29, 0.717) is 47.5 Å². The molecule has 4 amide bonds. The Morgan fingerprint density at radius 2 is 1.41 bits per heavy atom. The summed E-state index contributed by atoms with van der Waals surface area (Å²) < 4.78 is 5.33. The first-order chi connectivity index (χ1) is 28.1. The number of carbonyl (C=O) groups excluding carboxylic acids is 4. The standard InChI is InChI=1S/C43H47ClN8O6/c1-58-32-9-10-33-28(24-49-36(33)23-32)14-18-47-41(55)37(20-27-12-16-46-17-13-27)51-42(56)38(19-26-4-6-30(44)7-5-26)52-43(57)39(50-40(54)3-2-15-45)21-29-25-48-35-11-8-31(53)22-34(29)35/h4-13,16-17,22-25,37-39,48-49,53H,2-3,14-15,18-21,45H2,1H3,(H,47,55)(H,50,54)(H,51,56)(H,52,57)/t37-,38-,39-/m0/s1. The Hall–Kier alpha value is -6.38. The van der Waals surface area contributed by atoms with Gasteiger partial charge in [-0.1, -0.05) is 23.7 Å². The number of aromatic amines is 2. The quantitative estimate of drug-likeness (QED) is 0.0598. The summed E-state index contributed by atoms with van der Waals surface area (Å²) in [5, 5.41) is 23.9. The Bertz CT molecular complexity index is 2350. The Labute approximate surface area is 340 Å². The fourth-order valence-electron chi connectivity index (χ4n) is 6.81. The largest absolute Gasteiger partial charge is 0.508 e. The van der Waals surface area contributed by atoms with E-state index in [9.17, 15) is 24.3 Å². The van der Waals surface area contributed by atoms with Crippen molar-refractivity contribution < 1.29 is 29.0 Å². The van der Waals surface area contributed by atoms with Gasteiger partial charge in [-0.3, -0.25) is 24.2 Å². The first-order valence-electron chi connectivity index (χ1n) is 19.0. The molecule has 0 spiro atoms. The van der Waals surface area contributed by atoms with Crippen LogP contribution in [0.5, 0.6) is 11.5 Å². The van der Waals surface area contributed by atoms with Crippen molar-refractivity contribution in [1.29, 1.82) is 0 Å². The zero-order valence-corrected chi connectivity index (χ0v) is 32.8. The van der Waals surface area contributed by atoms with Crippen molar-refractivity contribution in [1.82, 2.24) is 36.2 Å². The van der Waals surface area contributed by atoms with E-state index in [1.165, 1.54) is 0 Å². The van der Waals surface area contributed by atoms with Crippen LogP contribution >= 0.6 is 11.6 Å². The van der Waals surface area contributed by atoms with Crippen LogP contribution in [0.15, 0.2) is 97.6 Å². The molecule has 0 fully saturated rings. The van der Waals surface area contributed by atoms with Gasteiger partial charge in [-0.05, 0) is 96.2 Å². The predicted molar refractivity (Wildman–Crippen MR) is 222 cm³/mol. The third-order valence-electron chi connectivity index (χ3n) is 9.91. The maximum atomic E-state index is 14.3. The molecule has 15 heteroatoms. The van der Waals surface area contributed by atoms with Gasteiger partial charge in [-0.25, -0.2) is 0 Å². The topological polar surface area (TPSA) is 216 Å². The highest BCUT2D eigenvalue weighted by Crippen LogP contribution is 2.25. The van der Waals surface area contributed by atoms with Crippen molar-refractivity contribution >= 4 is 57.0 Å². The number of nitrogens with two attached hydrogens (primary N) is 1. The molecule has 3 heterocycles. The number of rotatable bonds is 19. The molecule has 6 rings (SSSR count). The highest BCUT2D eigenvalue weighted by Gasteiger charge is 2.31. The number of pyridine rings is 1. The number of ether oxygens (including phenoxy) is 1. The van der Waals surface area contributed by atoms with Crippen molar-refractivity contribution in [2.24, 2.45) is 5.73 Å². The molecule has 0 aliphatic rings. The van der Waals surface area contributed by atoms with Crippen LogP contribution in [0.4, 0.5) is 0 Å².